The van der Waals surface area contributed by atoms with E-state index in [0.717, 1.165) is 12.8 Å². The zero-order valence-corrected chi connectivity index (χ0v) is 7.71. The van der Waals surface area contributed by atoms with E-state index in [1.807, 2.05) is 13.0 Å². The number of hydrogen-bond acceptors (Lipinski definition) is 1. The number of allylic oxidation sites excluding steroid dienone is 3. The van der Waals surface area contributed by atoms with Crippen LogP contribution < -0.4 is 0 Å². The van der Waals surface area contributed by atoms with Gasteiger partial charge >= 0.3 is 5.97 Å². The van der Waals surface area contributed by atoms with Crippen molar-refractivity contribution in [3.63, 3.8) is 0 Å². The number of unbranched alkanes of at least 4 members (excludes halogenated alkanes) is 1. The number of carboxylic acid groups (broad SMARTS) is 1. The number of hydrogen-bond donors (Lipinski definition) is 1. The monoisotopic (exact) mass is 168 g/mol. The van der Waals surface area contributed by atoms with Crippen LogP contribution in [0.15, 0.2) is 23.8 Å². The smallest absolute Gasteiger partial charge is 0.331 e. The Kier molecular flexibility index (Phi) is 6.07. The summed E-state index contributed by atoms with van der Waals surface area (Å²) < 4.78 is 0. The first kappa shape index (κ1) is 11.0. The molecule has 0 amide bonds. The molecule has 0 atom stereocenters. The van der Waals surface area contributed by atoms with E-state index in [0.29, 0.717) is 12.0 Å². The largest absolute Gasteiger partial charge is 0.478 e. The van der Waals surface area contributed by atoms with Gasteiger partial charge in [-0.15, -0.1) is 0 Å². The highest BCUT2D eigenvalue weighted by molar-refractivity contribution is 5.86. The normalized spacial score (nSPS) is 12.3. The van der Waals surface area contributed by atoms with Crippen molar-refractivity contribution in [1.82, 2.24) is 0 Å². The van der Waals surface area contributed by atoms with Crippen LogP contribution in [0.4, 0.5) is 0 Å². The van der Waals surface area contributed by atoms with E-state index in [9.17, 15) is 4.79 Å². The quantitative estimate of drug-likeness (QED) is 0.506. The first-order chi connectivity index (χ1) is 5.72. The van der Waals surface area contributed by atoms with Crippen molar-refractivity contribution in [2.45, 2.75) is 33.1 Å². The Morgan fingerprint density at radius 1 is 1.50 bits per heavy atom. The summed E-state index contributed by atoms with van der Waals surface area (Å²) in [4.78, 5) is 10.6. The molecule has 0 saturated heterocycles. The van der Waals surface area contributed by atoms with Gasteiger partial charge in [-0.2, -0.15) is 0 Å². The van der Waals surface area contributed by atoms with E-state index < -0.39 is 5.97 Å². The second-order valence-electron chi connectivity index (χ2n) is 2.63. The van der Waals surface area contributed by atoms with Gasteiger partial charge in [0.1, 0.15) is 0 Å². The van der Waals surface area contributed by atoms with Crippen LogP contribution in [0.3, 0.4) is 0 Å². The minimum atomic E-state index is -0.804. The van der Waals surface area contributed by atoms with Crippen LogP contribution in [0.5, 0.6) is 0 Å². The van der Waals surface area contributed by atoms with Crippen molar-refractivity contribution in [3.8, 4) is 0 Å². The molecule has 0 fully saturated rings. The summed E-state index contributed by atoms with van der Waals surface area (Å²) in [6, 6.07) is 0. The molecule has 0 heterocycles. The van der Waals surface area contributed by atoms with Crippen LogP contribution in [0.2, 0.25) is 0 Å². The summed E-state index contributed by atoms with van der Waals surface area (Å²) >= 11 is 0. The molecule has 0 saturated carbocycles. The van der Waals surface area contributed by atoms with Gasteiger partial charge in [0.15, 0.2) is 0 Å². The van der Waals surface area contributed by atoms with E-state index in [1.165, 1.54) is 0 Å². The predicted molar refractivity (Wildman–Crippen MR) is 50.1 cm³/mol. The maximum Gasteiger partial charge on any atom is 0.331 e. The van der Waals surface area contributed by atoms with Crippen molar-refractivity contribution in [2.75, 3.05) is 0 Å². The van der Waals surface area contributed by atoms with Gasteiger partial charge < -0.3 is 5.11 Å². The Hall–Kier alpha value is -1.05. The third-order valence-corrected chi connectivity index (χ3v) is 1.56. The molecule has 1 N–H and O–H groups in total. The summed E-state index contributed by atoms with van der Waals surface area (Å²) in [6.45, 7) is 3.92. The Bertz CT molecular complexity index is 190. The Morgan fingerprint density at radius 3 is 2.58 bits per heavy atom. The Morgan fingerprint density at radius 2 is 2.17 bits per heavy atom. The van der Waals surface area contributed by atoms with Gasteiger partial charge in [0.05, 0.1) is 0 Å². The molecule has 2 nitrogen and oxygen atoms in total. The second kappa shape index (κ2) is 6.65. The van der Waals surface area contributed by atoms with Crippen molar-refractivity contribution in [2.24, 2.45) is 0 Å². The summed E-state index contributed by atoms with van der Waals surface area (Å²) in [5.74, 6) is -0.804. The summed E-state index contributed by atoms with van der Waals surface area (Å²) in [5.41, 5.74) is 0.495. The van der Waals surface area contributed by atoms with Crippen LogP contribution in [-0.2, 0) is 4.79 Å². The van der Waals surface area contributed by atoms with Gasteiger partial charge in [-0.05, 0) is 19.8 Å². The summed E-state index contributed by atoms with van der Waals surface area (Å²) in [7, 11) is 0. The molecular weight excluding hydrogens is 152 g/mol. The molecular formula is C10H16O2. The van der Waals surface area contributed by atoms with E-state index >= 15 is 0 Å². The molecule has 0 spiro atoms. The van der Waals surface area contributed by atoms with E-state index in [2.05, 4.69) is 6.92 Å². The number of carbonyl (C=O) groups is 1. The fourth-order valence-corrected chi connectivity index (χ4v) is 0.841. The fourth-order valence-electron chi connectivity index (χ4n) is 0.841. The van der Waals surface area contributed by atoms with Gasteiger partial charge in [-0.1, -0.05) is 31.6 Å². The van der Waals surface area contributed by atoms with Crippen molar-refractivity contribution in [1.29, 1.82) is 0 Å². The fraction of sp³-hybridized carbons (Fsp3) is 0.500. The van der Waals surface area contributed by atoms with Crippen LogP contribution in [-0.4, -0.2) is 11.1 Å². The topological polar surface area (TPSA) is 37.3 Å². The Labute approximate surface area is 73.6 Å². The standard InChI is InChI=1S/C10H16O2/c1-3-5-7-9(10(11)12)8-6-4-2/h3,5,7H,4,6,8H2,1-2H3,(H,11,12)/b5-3+,9-7+. The highest BCUT2D eigenvalue weighted by atomic mass is 16.4. The van der Waals surface area contributed by atoms with Crippen LogP contribution in [0.25, 0.3) is 0 Å². The number of carboxylic acids is 1. The number of aliphatic carboxylic acids is 1. The minimum Gasteiger partial charge on any atom is -0.478 e. The molecule has 68 valence electrons. The molecule has 0 aliphatic rings. The first-order valence-corrected chi connectivity index (χ1v) is 4.27. The van der Waals surface area contributed by atoms with Crippen molar-refractivity contribution >= 4 is 5.97 Å². The van der Waals surface area contributed by atoms with Gasteiger partial charge in [-0.3, -0.25) is 0 Å². The van der Waals surface area contributed by atoms with Crippen LogP contribution in [0.1, 0.15) is 33.1 Å². The lowest BCUT2D eigenvalue weighted by atomic mass is 10.1. The first-order valence-electron chi connectivity index (χ1n) is 4.27. The zero-order chi connectivity index (χ0) is 9.40. The lowest BCUT2D eigenvalue weighted by Crippen LogP contribution is -1.99. The molecule has 0 rings (SSSR count). The van der Waals surface area contributed by atoms with E-state index in [4.69, 9.17) is 5.11 Å². The average Bonchev–Trinajstić information content (AvgIpc) is 2.04. The van der Waals surface area contributed by atoms with Crippen LogP contribution >= 0.6 is 0 Å². The van der Waals surface area contributed by atoms with Crippen molar-refractivity contribution < 1.29 is 9.90 Å². The van der Waals surface area contributed by atoms with E-state index in [1.54, 1.807) is 12.2 Å². The maximum absolute atomic E-state index is 10.6. The Balaban J connectivity index is 4.13. The molecule has 0 aromatic rings. The number of rotatable bonds is 5. The molecule has 2 heteroatoms. The molecule has 0 aromatic heterocycles. The van der Waals surface area contributed by atoms with Crippen molar-refractivity contribution in [3.05, 3.63) is 23.8 Å². The molecule has 12 heavy (non-hydrogen) atoms. The molecule has 0 bridgehead atoms. The molecule has 0 aliphatic carbocycles. The van der Waals surface area contributed by atoms with Crippen LogP contribution in [0, 0.1) is 0 Å². The summed E-state index contributed by atoms with van der Waals surface area (Å²) in [6.07, 6.45) is 7.89. The molecule has 0 unspecified atom stereocenters. The van der Waals surface area contributed by atoms with Gasteiger partial charge in [0.2, 0.25) is 0 Å². The summed E-state index contributed by atoms with van der Waals surface area (Å²) in [5, 5.41) is 8.72. The van der Waals surface area contributed by atoms with Gasteiger partial charge in [-0.25, -0.2) is 4.79 Å². The molecule has 0 aliphatic heterocycles. The lowest BCUT2D eigenvalue weighted by molar-refractivity contribution is -0.132. The lowest BCUT2D eigenvalue weighted by Gasteiger charge is -1.98. The third kappa shape index (κ3) is 4.72. The van der Waals surface area contributed by atoms with E-state index in [-0.39, 0.29) is 0 Å². The minimum absolute atomic E-state index is 0.495. The highest BCUT2D eigenvalue weighted by Gasteiger charge is 2.03. The predicted octanol–water partition coefficient (Wildman–Crippen LogP) is 2.76. The molecule has 0 aromatic carbocycles. The molecule has 0 radical (unpaired) electrons. The second-order valence-corrected chi connectivity index (χ2v) is 2.63. The zero-order valence-electron chi connectivity index (χ0n) is 7.71. The highest BCUT2D eigenvalue weighted by Crippen LogP contribution is 2.07. The van der Waals surface area contributed by atoms with Gasteiger partial charge in [0.25, 0.3) is 0 Å². The average molecular weight is 168 g/mol. The SMILES string of the molecule is C/C=C/C=C(\CCCC)C(=O)O. The maximum atomic E-state index is 10.6. The third-order valence-electron chi connectivity index (χ3n) is 1.56. The van der Waals surface area contributed by atoms with Gasteiger partial charge in [0, 0.05) is 5.57 Å².